The van der Waals surface area contributed by atoms with E-state index in [1.807, 2.05) is 17.9 Å². The van der Waals surface area contributed by atoms with E-state index in [0.29, 0.717) is 62.8 Å². The molecule has 0 radical (unpaired) electrons. The number of anilines is 1. The number of carbonyl (C=O) groups is 2. The van der Waals surface area contributed by atoms with Crippen molar-refractivity contribution in [2.24, 2.45) is 17.8 Å². The smallest absolute Gasteiger partial charge is 0.264 e. The zero-order chi connectivity index (χ0) is 36.1. The molecule has 6 atom stereocenters. The highest BCUT2D eigenvalue weighted by molar-refractivity contribution is 7.90. The summed E-state index contributed by atoms with van der Waals surface area (Å²) in [5, 5.41) is 12.5. The zero-order valence-electron chi connectivity index (χ0n) is 30.2. The summed E-state index contributed by atoms with van der Waals surface area (Å²) in [6.45, 7) is 8.15. The highest BCUT2D eigenvalue weighted by Gasteiger charge is 2.50. The highest BCUT2D eigenvalue weighted by atomic mass is 35.5. The van der Waals surface area contributed by atoms with E-state index in [4.69, 9.17) is 16.3 Å². The number of nitrogens with zero attached hydrogens (tertiary/aromatic N) is 3. The van der Waals surface area contributed by atoms with Crippen molar-refractivity contribution in [3.05, 3.63) is 58.1 Å². The molecule has 2 N–H and O–H groups in total. The Morgan fingerprint density at radius 1 is 1.04 bits per heavy atom. The monoisotopic (exact) mass is 740 g/mol. The normalized spacial score (nSPS) is 32.8. The minimum absolute atomic E-state index is 0.00746. The number of halogens is 1. The lowest BCUT2D eigenvalue weighted by Gasteiger charge is -2.50. The van der Waals surface area contributed by atoms with Crippen molar-refractivity contribution < 1.29 is 27.9 Å². The predicted octanol–water partition coefficient (Wildman–Crippen LogP) is 5.00. The van der Waals surface area contributed by atoms with Crippen LogP contribution in [-0.2, 0) is 26.7 Å². The van der Waals surface area contributed by atoms with E-state index >= 15 is 0 Å². The second-order valence-corrected chi connectivity index (χ2v) is 18.7. The van der Waals surface area contributed by atoms with Crippen molar-refractivity contribution in [3.63, 3.8) is 0 Å². The van der Waals surface area contributed by atoms with Gasteiger partial charge in [0.2, 0.25) is 15.9 Å². The molecule has 1 spiro atoms. The molecule has 7 rings (SSSR count). The maximum Gasteiger partial charge on any atom is 0.264 e. The van der Waals surface area contributed by atoms with Gasteiger partial charge in [-0.2, -0.15) is 0 Å². The number of carbonyl (C=O) groups excluding carboxylic acids is 2. The molecule has 12 heteroatoms. The van der Waals surface area contributed by atoms with Crippen LogP contribution in [0.1, 0.15) is 86.7 Å². The second-order valence-electron chi connectivity index (χ2n) is 16.2. The SMILES string of the molecule is C[C@@H]1[C@@H](C)CCC[C@@](O)(CC(=O)N2CCN(C)CC2)[C@@H]2CC[C@H]2CN2C[C@@]3(CCCc4cc(Cl)ccc43)COc3ccc(cc32)C(=O)NS1(=O)=O. The van der Waals surface area contributed by atoms with Crippen LogP contribution in [0.5, 0.6) is 5.75 Å². The van der Waals surface area contributed by atoms with Crippen LogP contribution in [0.4, 0.5) is 5.69 Å². The molecule has 2 aromatic rings. The summed E-state index contributed by atoms with van der Waals surface area (Å²) in [6, 6.07) is 11.3. The number of likely N-dealkylation sites (N-methyl/N-ethyl adjacent to an activating group) is 1. The topological polar surface area (TPSA) is 119 Å². The number of nitrogens with one attached hydrogen (secondary N) is 1. The Morgan fingerprint density at radius 3 is 2.57 bits per heavy atom. The summed E-state index contributed by atoms with van der Waals surface area (Å²) < 4.78 is 36.0. The number of piperazine rings is 1. The number of sulfonamides is 1. The van der Waals surface area contributed by atoms with Gasteiger partial charge >= 0.3 is 0 Å². The molecule has 1 saturated carbocycles. The average Bonchev–Trinajstić information content (AvgIpc) is 3.22. The molecule has 2 fully saturated rings. The number of amides is 2. The number of fused-ring (bicyclic) bond motifs is 4. The Balaban J connectivity index is 1.27. The zero-order valence-corrected chi connectivity index (χ0v) is 31.8. The average molecular weight is 741 g/mol. The van der Waals surface area contributed by atoms with E-state index in [-0.39, 0.29) is 41.1 Å². The Bertz CT molecular complexity index is 1770. The maximum atomic E-state index is 13.8. The van der Waals surface area contributed by atoms with E-state index in [1.54, 1.807) is 25.1 Å². The van der Waals surface area contributed by atoms with Gasteiger partial charge in [0.1, 0.15) is 5.75 Å². The number of ether oxygens (including phenoxy) is 1. The summed E-state index contributed by atoms with van der Waals surface area (Å²) in [4.78, 5) is 33.8. The molecule has 3 heterocycles. The van der Waals surface area contributed by atoms with Crippen LogP contribution in [0.15, 0.2) is 36.4 Å². The van der Waals surface area contributed by atoms with Crippen molar-refractivity contribution in [2.45, 2.75) is 87.9 Å². The van der Waals surface area contributed by atoms with Gasteiger partial charge in [-0.1, -0.05) is 31.0 Å². The van der Waals surface area contributed by atoms with E-state index in [0.717, 1.165) is 50.9 Å². The number of hydrogen-bond donors (Lipinski definition) is 2. The third kappa shape index (κ3) is 7.25. The molecule has 1 saturated heterocycles. The van der Waals surface area contributed by atoms with Gasteiger partial charge in [0.15, 0.2) is 0 Å². The molecule has 5 aliphatic rings. The van der Waals surface area contributed by atoms with Crippen LogP contribution in [0.3, 0.4) is 0 Å². The lowest BCUT2D eigenvalue weighted by Crippen LogP contribution is -2.55. The molecule has 2 bridgehead atoms. The number of hydrogen-bond acceptors (Lipinski definition) is 8. The van der Waals surface area contributed by atoms with Crippen molar-refractivity contribution in [1.29, 1.82) is 0 Å². The Labute approximate surface area is 307 Å². The van der Waals surface area contributed by atoms with Crippen molar-refractivity contribution in [2.75, 3.05) is 57.8 Å². The number of benzene rings is 2. The quantitative estimate of drug-likeness (QED) is 0.442. The van der Waals surface area contributed by atoms with Crippen molar-refractivity contribution in [3.8, 4) is 5.75 Å². The predicted molar refractivity (Wildman–Crippen MR) is 199 cm³/mol. The first-order valence-corrected chi connectivity index (χ1v) is 20.7. The number of aryl methyl sites for hydroxylation is 1. The maximum absolute atomic E-state index is 13.8. The molecule has 0 unspecified atom stereocenters. The minimum Gasteiger partial charge on any atom is -0.490 e. The van der Waals surface area contributed by atoms with E-state index in [1.165, 1.54) is 11.1 Å². The number of aliphatic hydroxyl groups is 1. The summed E-state index contributed by atoms with van der Waals surface area (Å²) >= 11 is 6.46. The summed E-state index contributed by atoms with van der Waals surface area (Å²) in [5.74, 6) is -0.254. The molecule has 10 nitrogen and oxygen atoms in total. The van der Waals surface area contributed by atoms with Crippen LogP contribution in [0.2, 0.25) is 5.02 Å². The van der Waals surface area contributed by atoms with Gasteiger partial charge in [-0.3, -0.25) is 9.59 Å². The molecular formula is C39H53ClN4O6S. The molecule has 2 aromatic carbocycles. The van der Waals surface area contributed by atoms with Crippen LogP contribution >= 0.6 is 11.6 Å². The van der Waals surface area contributed by atoms with Crippen LogP contribution < -0.4 is 14.4 Å². The standard InChI is InChI=1S/C39H53ClN4O6S/c1-26-6-4-15-39(47,22-36(45)43-18-16-42(3)17-19-43)33-11-8-30(33)23-44-24-38(14-5-7-28-20-31(40)10-12-32(28)38)25-50-35-13-9-29(21-34(35)44)37(46)41-51(48,49)27(26)2/h9-10,12-13,20-21,26-27,30,33,47H,4-8,11,14-19,22-25H2,1-3H3,(H,41,46)/t26-,27+,30-,33+,38-,39+/m0/s1. The van der Waals surface area contributed by atoms with Crippen molar-refractivity contribution in [1.82, 2.24) is 14.5 Å². The van der Waals surface area contributed by atoms with Crippen LogP contribution in [-0.4, -0.2) is 98.9 Å². The second kappa shape index (κ2) is 14.2. The molecule has 278 valence electrons. The van der Waals surface area contributed by atoms with Gasteiger partial charge in [0.05, 0.1) is 29.6 Å². The molecule has 3 aliphatic heterocycles. The Hall–Kier alpha value is -2.86. The fraction of sp³-hybridized carbons (Fsp3) is 0.641. The fourth-order valence-electron chi connectivity index (χ4n) is 9.42. The van der Waals surface area contributed by atoms with E-state index < -0.39 is 26.8 Å². The number of rotatable bonds is 2. The Kier molecular flexibility index (Phi) is 10.1. The molecule has 2 amide bonds. The van der Waals surface area contributed by atoms with Crippen LogP contribution in [0, 0.1) is 17.8 Å². The lowest BCUT2D eigenvalue weighted by molar-refractivity contribution is -0.147. The molecule has 51 heavy (non-hydrogen) atoms. The van der Waals surface area contributed by atoms with Gasteiger partial charge in [-0.05, 0) is 118 Å². The first kappa shape index (κ1) is 36.5. The van der Waals surface area contributed by atoms with Crippen LogP contribution in [0.25, 0.3) is 0 Å². The van der Waals surface area contributed by atoms with E-state index in [9.17, 15) is 23.1 Å². The van der Waals surface area contributed by atoms with Gasteiger partial charge in [-0.25, -0.2) is 13.1 Å². The first-order chi connectivity index (χ1) is 24.3. The Morgan fingerprint density at radius 2 is 1.82 bits per heavy atom. The molecular weight excluding hydrogens is 688 g/mol. The third-order valence-corrected chi connectivity index (χ3v) is 15.1. The van der Waals surface area contributed by atoms with Gasteiger partial charge in [0.25, 0.3) is 5.91 Å². The molecule has 0 aromatic heterocycles. The van der Waals surface area contributed by atoms with E-state index in [2.05, 4.69) is 33.7 Å². The first-order valence-electron chi connectivity index (χ1n) is 18.8. The largest absolute Gasteiger partial charge is 0.490 e. The van der Waals surface area contributed by atoms with Gasteiger partial charge < -0.3 is 24.5 Å². The minimum atomic E-state index is -3.99. The lowest BCUT2D eigenvalue weighted by atomic mass is 9.61. The summed E-state index contributed by atoms with van der Waals surface area (Å²) in [6.07, 6.45) is 6.21. The fourth-order valence-corrected chi connectivity index (χ4v) is 10.9. The van der Waals surface area contributed by atoms with Gasteiger partial charge in [0, 0.05) is 55.3 Å². The third-order valence-electron chi connectivity index (χ3n) is 13.0. The van der Waals surface area contributed by atoms with Crippen molar-refractivity contribution >= 4 is 39.1 Å². The molecule has 2 aliphatic carbocycles. The highest BCUT2D eigenvalue weighted by Crippen LogP contribution is 2.50. The van der Waals surface area contributed by atoms with Gasteiger partial charge in [-0.15, -0.1) is 0 Å². The summed E-state index contributed by atoms with van der Waals surface area (Å²) in [5.41, 5.74) is 1.91. The summed E-state index contributed by atoms with van der Waals surface area (Å²) in [7, 11) is -1.93.